The van der Waals surface area contributed by atoms with E-state index in [1.54, 1.807) is 11.5 Å². The number of cyclic esters (lactones) is 1. The Morgan fingerprint density at radius 3 is 2.68 bits per heavy atom. The Bertz CT molecular complexity index is 1510. The standard InChI is InChI=1S/C29H35N3O5Si/c1-5-29(37-18(2)33)23-15-25-26-21(16-32(25)27(34)22(23)17-36-28(29)35)19(11-14-38(3,4)13-8-12-30)20-9-6-7-10-24(20)31-26/h6-7,9-10,15H,5,8,11-14,16-17,30H2,1-4H3/t29-/m0/s1. The third-order valence-corrected chi connectivity index (χ3v) is 11.4. The van der Waals surface area contributed by atoms with Crippen LogP contribution in [0.1, 0.15) is 48.9 Å². The number of pyridine rings is 2. The van der Waals surface area contributed by atoms with Crippen LogP contribution < -0.4 is 11.3 Å². The molecule has 1 atom stereocenters. The Labute approximate surface area is 223 Å². The maximum Gasteiger partial charge on any atom is 0.355 e. The molecule has 200 valence electrons. The van der Waals surface area contributed by atoms with E-state index in [1.165, 1.54) is 18.5 Å². The van der Waals surface area contributed by atoms with Gasteiger partial charge in [0.2, 0.25) is 5.60 Å². The van der Waals surface area contributed by atoms with E-state index in [0.717, 1.165) is 41.0 Å². The molecule has 0 fully saturated rings. The molecule has 2 aliphatic rings. The van der Waals surface area contributed by atoms with Gasteiger partial charge < -0.3 is 19.8 Å². The molecule has 8 nitrogen and oxygen atoms in total. The van der Waals surface area contributed by atoms with Crippen molar-refractivity contribution in [2.45, 2.75) is 77.0 Å². The zero-order valence-electron chi connectivity index (χ0n) is 22.6. The lowest BCUT2D eigenvalue weighted by atomic mass is 9.85. The topological polar surface area (TPSA) is 114 Å². The van der Waals surface area contributed by atoms with Crippen molar-refractivity contribution in [2.75, 3.05) is 6.54 Å². The SMILES string of the molecule is CC[C@@]1(OC(C)=O)C(=O)OCc2c1cc1n(c2=O)Cc2c-1nc1ccccc1c2CC[Si](C)(C)CCCN. The van der Waals surface area contributed by atoms with Crippen LogP contribution in [0.2, 0.25) is 25.2 Å². The number of esters is 2. The molecule has 9 heteroatoms. The average Bonchev–Trinajstić information content (AvgIpc) is 3.25. The van der Waals surface area contributed by atoms with Gasteiger partial charge >= 0.3 is 11.9 Å². The van der Waals surface area contributed by atoms with E-state index in [0.29, 0.717) is 29.9 Å². The molecule has 1 aromatic carbocycles. The van der Waals surface area contributed by atoms with Gasteiger partial charge in [0.05, 0.1) is 29.0 Å². The highest BCUT2D eigenvalue weighted by Gasteiger charge is 2.50. The van der Waals surface area contributed by atoms with Gasteiger partial charge in [0.1, 0.15) is 6.61 Å². The number of hydrogen-bond donors (Lipinski definition) is 1. The molecular formula is C29H35N3O5Si. The van der Waals surface area contributed by atoms with E-state index in [1.807, 2.05) is 24.3 Å². The number of nitrogens with zero attached hydrogens (tertiary/aromatic N) is 2. The van der Waals surface area contributed by atoms with E-state index >= 15 is 0 Å². The summed E-state index contributed by atoms with van der Waals surface area (Å²) in [5, 5.41) is 1.11. The molecule has 3 aromatic rings. The summed E-state index contributed by atoms with van der Waals surface area (Å²) in [5.41, 5.74) is 9.23. The van der Waals surface area contributed by atoms with Crippen LogP contribution in [0.4, 0.5) is 0 Å². The number of fused-ring (bicyclic) bond motifs is 5. The fourth-order valence-corrected chi connectivity index (χ4v) is 8.31. The fraction of sp³-hybridized carbons (Fsp3) is 0.448. The molecule has 0 aliphatic carbocycles. The van der Waals surface area contributed by atoms with E-state index in [-0.39, 0.29) is 18.6 Å². The van der Waals surface area contributed by atoms with Crippen molar-refractivity contribution in [3.8, 4) is 11.4 Å². The number of para-hydroxylation sites is 1. The molecular weight excluding hydrogens is 498 g/mol. The molecule has 0 radical (unpaired) electrons. The van der Waals surface area contributed by atoms with E-state index < -0.39 is 25.6 Å². The van der Waals surface area contributed by atoms with Gasteiger partial charge in [0, 0.05) is 31.5 Å². The van der Waals surface area contributed by atoms with Crippen LogP contribution in [0.3, 0.4) is 0 Å². The van der Waals surface area contributed by atoms with Gasteiger partial charge in [-0.05, 0) is 43.5 Å². The predicted molar refractivity (Wildman–Crippen MR) is 149 cm³/mol. The summed E-state index contributed by atoms with van der Waals surface area (Å²) in [6.45, 7) is 8.81. The monoisotopic (exact) mass is 533 g/mol. The molecule has 38 heavy (non-hydrogen) atoms. The summed E-state index contributed by atoms with van der Waals surface area (Å²) in [4.78, 5) is 43.8. The minimum absolute atomic E-state index is 0.143. The highest BCUT2D eigenvalue weighted by molar-refractivity contribution is 6.77. The lowest BCUT2D eigenvalue weighted by Crippen LogP contribution is -2.47. The smallest absolute Gasteiger partial charge is 0.355 e. The number of rotatable bonds is 8. The van der Waals surface area contributed by atoms with Crippen LogP contribution in [-0.2, 0) is 44.2 Å². The van der Waals surface area contributed by atoms with Crippen molar-refractivity contribution in [2.24, 2.45) is 5.73 Å². The minimum atomic E-state index is -1.64. The van der Waals surface area contributed by atoms with Crippen LogP contribution in [0.5, 0.6) is 0 Å². The molecule has 2 N–H and O–H groups in total. The summed E-state index contributed by atoms with van der Waals surface area (Å²) in [6, 6.07) is 12.2. The van der Waals surface area contributed by atoms with E-state index in [9.17, 15) is 14.4 Å². The zero-order valence-corrected chi connectivity index (χ0v) is 23.6. The predicted octanol–water partition coefficient (Wildman–Crippen LogP) is 4.25. The first-order chi connectivity index (χ1) is 18.1. The number of carbonyl (C=O) groups excluding carboxylic acids is 2. The number of ether oxygens (including phenoxy) is 2. The fourth-order valence-electron chi connectivity index (χ4n) is 5.97. The van der Waals surface area contributed by atoms with Gasteiger partial charge in [0.25, 0.3) is 5.56 Å². The maximum absolute atomic E-state index is 13.8. The Hall–Kier alpha value is -3.30. The lowest BCUT2D eigenvalue weighted by Gasteiger charge is -2.35. The first-order valence-electron chi connectivity index (χ1n) is 13.4. The highest BCUT2D eigenvalue weighted by atomic mass is 28.3. The first kappa shape index (κ1) is 26.3. The summed E-state index contributed by atoms with van der Waals surface area (Å²) < 4.78 is 12.7. The molecule has 4 heterocycles. The summed E-state index contributed by atoms with van der Waals surface area (Å²) >= 11 is 0. The van der Waals surface area contributed by atoms with Gasteiger partial charge in [-0.1, -0.05) is 50.3 Å². The minimum Gasteiger partial charge on any atom is -0.457 e. The summed E-state index contributed by atoms with van der Waals surface area (Å²) in [6.07, 6.45) is 2.11. The Balaban J connectivity index is 1.68. The van der Waals surface area contributed by atoms with Crippen LogP contribution in [0, 0.1) is 0 Å². The van der Waals surface area contributed by atoms with E-state index in [4.69, 9.17) is 20.2 Å². The molecule has 0 spiro atoms. The number of aryl methyl sites for hydroxylation is 1. The van der Waals surface area contributed by atoms with Gasteiger partial charge in [-0.25, -0.2) is 9.78 Å². The number of aromatic nitrogens is 2. The summed E-state index contributed by atoms with van der Waals surface area (Å²) in [5.74, 6) is -1.26. The van der Waals surface area contributed by atoms with Crippen molar-refractivity contribution in [3.63, 3.8) is 0 Å². The zero-order chi connectivity index (χ0) is 27.2. The van der Waals surface area contributed by atoms with Crippen LogP contribution in [0.15, 0.2) is 35.1 Å². The molecule has 2 aromatic heterocycles. The second-order valence-corrected chi connectivity index (χ2v) is 16.5. The molecule has 0 saturated heterocycles. The molecule has 0 saturated carbocycles. The second-order valence-electron chi connectivity index (χ2n) is 11.2. The van der Waals surface area contributed by atoms with Crippen molar-refractivity contribution in [3.05, 3.63) is 62.9 Å². The lowest BCUT2D eigenvalue weighted by molar-refractivity contribution is -0.188. The van der Waals surface area contributed by atoms with Crippen molar-refractivity contribution in [1.82, 2.24) is 9.55 Å². The average molecular weight is 534 g/mol. The first-order valence-corrected chi connectivity index (χ1v) is 16.8. The Morgan fingerprint density at radius 2 is 1.97 bits per heavy atom. The third-order valence-electron chi connectivity index (χ3n) is 8.11. The van der Waals surface area contributed by atoms with Crippen molar-refractivity contribution < 1.29 is 19.1 Å². The normalized spacial score (nSPS) is 18.1. The third kappa shape index (κ3) is 4.27. The molecule has 0 unspecified atom stereocenters. The van der Waals surface area contributed by atoms with Crippen LogP contribution >= 0.6 is 0 Å². The largest absolute Gasteiger partial charge is 0.457 e. The summed E-state index contributed by atoms with van der Waals surface area (Å²) in [7, 11) is -1.46. The molecule has 0 bridgehead atoms. The van der Waals surface area contributed by atoms with E-state index in [2.05, 4.69) is 19.2 Å². The highest BCUT2D eigenvalue weighted by Crippen LogP contribution is 2.42. The number of benzene rings is 1. The van der Waals surface area contributed by atoms with Gasteiger partial charge in [-0.3, -0.25) is 9.59 Å². The van der Waals surface area contributed by atoms with Gasteiger partial charge in [-0.15, -0.1) is 0 Å². The quantitative estimate of drug-likeness (QED) is 0.266. The molecule has 5 rings (SSSR count). The van der Waals surface area contributed by atoms with Gasteiger partial charge in [0.15, 0.2) is 0 Å². The van der Waals surface area contributed by atoms with Gasteiger partial charge in [-0.2, -0.15) is 0 Å². The molecule has 2 aliphatic heterocycles. The Kier molecular flexibility index (Phi) is 6.77. The number of hydrogen-bond acceptors (Lipinski definition) is 7. The molecule has 0 amide bonds. The maximum atomic E-state index is 13.8. The van der Waals surface area contributed by atoms with Crippen LogP contribution in [0.25, 0.3) is 22.3 Å². The second kappa shape index (κ2) is 9.78. The van der Waals surface area contributed by atoms with Crippen molar-refractivity contribution in [1.29, 1.82) is 0 Å². The van der Waals surface area contributed by atoms with Crippen molar-refractivity contribution >= 4 is 30.9 Å². The number of nitrogens with two attached hydrogens (primary N) is 1. The number of carbonyl (C=O) groups is 2. The van der Waals surface area contributed by atoms with Crippen LogP contribution in [-0.4, -0.2) is 36.1 Å². The Morgan fingerprint density at radius 1 is 1.21 bits per heavy atom.